The predicted molar refractivity (Wildman–Crippen MR) is 85.7 cm³/mol. The standard InChI is InChI=1S/C16H27NO8/c1-15(2,3)25-12(18)10(17)7-8-16(13(19)20,14(21)22)24-11-6-4-5-9-23-11/h10-11H,4-9,17H2,1-3H3,(H,19,20)(H,21,22). The summed E-state index contributed by atoms with van der Waals surface area (Å²) in [7, 11) is 0. The highest BCUT2D eigenvalue weighted by molar-refractivity contribution is 6.02. The van der Waals surface area contributed by atoms with Gasteiger partial charge in [0.25, 0.3) is 5.60 Å². The first-order valence-electron chi connectivity index (χ1n) is 8.22. The quantitative estimate of drug-likeness (QED) is 0.423. The lowest BCUT2D eigenvalue weighted by molar-refractivity contribution is -0.238. The van der Waals surface area contributed by atoms with Gasteiger partial charge in [0.05, 0.1) is 0 Å². The molecule has 25 heavy (non-hydrogen) atoms. The van der Waals surface area contributed by atoms with E-state index in [1.807, 2.05) is 0 Å². The molecule has 1 heterocycles. The Morgan fingerprint density at radius 2 is 1.80 bits per heavy atom. The number of esters is 1. The number of ether oxygens (including phenoxy) is 3. The Morgan fingerprint density at radius 3 is 2.24 bits per heavy atom. The van der Waals surface area contributed by atoms with Gasteiger partial charge in [0.2, 0.25) is 0 Å². The number of hydrogen-bond donors (Lipinski definition) is 3. The van der Waals surface area contributed by atoms with Gasteiger partial charge in [-0.1, -0.05) is 0 Å². The smallest absolute Gasteiger partial charge is 0.347 e. The lowest BCUT2D eigenvalue weighted by atomic mass is 9.94. The predicted octanol–water partition coefficient (Wildman–Crippen LogP) is 0.887. The van der Waals surface area contributed by atoms with Crippen molar-refractivity contribution in [3.05, 3.63) is 0 Å². The van der Waals surface area contributed by atoms with Crippen molar-refractivity contribution in [3.63, 3.8) is 0 Å². The summed E-state index contributed by atoms with van der Waals surface area (Å²) in [6.45, 7) is 5.37. The van der Waals surface area contributed by atoms with Crippen molar-refractivity contribution in [2.24, 2.45) is 5.73 Å². The van der Waals surface area contributed by atoms with Crippen LogP contribution in [0.4, 0.5) is 0 Å². The molecule has 1 fully saturated rings. The zero-order valence-electron chi connectivity index (χ0n) is 14.8. The Labute approximate surface area is 146 Å². The van der Waals surface area contributed by atoms with Gasteiger partial charge in [-0.2, -0.15) is 0 Å². The number of carbonyl (C=O) groups is 3. The van der Waals surface area contributed by atoms with Crippen LogP contribution in [0.25, 0.3) is 0 Å². The molecule has 0 spiro atoms. The summed E-state index contributed by atoms with van der Waals surface area (Å²) in [4.78, 5) is 35.2. The minimum Gasteiger partial charge on any atom is -0.479 e. The van der Waals surface area contributed by atoms with Crippen LogP contribution in [0.15, 0.2) is 0 Å². The molecule has 144 valence electrons. The molecule has 1 rings (SSSR count). The molecular weight excluding hydrogens is 334 g/mol. The molecule has 0 aromatic rings. The third-order valence-corrected chi connectivity index (χ3v) is 3.68. The van der Waals surface area contributed by atoms with Crippen molar-refractivity contribution in [1.29, 1.82) is 0 Å². The van der Waals surface area contributed by atoms with E-state index in [1.54, 1.807) is 20.8 Å². The van der Waals surface area contributed by atoms with E-state index in [0.29, 0.717) is 13.0 Å². The minimum atomic E-state index is -2.53. The second-order valence-corrected chi connectivity index (χ2v) is 7.03. The maximum atomic E-state index is 11.9. The number of aliphatic carboxylic acids is 2. The normalized spacial score (nSPS) is 19.9. The third-order valence-electron chi connectivity index (χ3n) is 3.68. The van der Waals surface area contributed by atoms with Gasteiger partial charge < -0.3 is 30.2 Å². The fraction of sp³-hybridized carbons (Fsp3) is 0.812. The van der Waals surface area contributed by atoms with Gasteiger partial charge in [-0.3, -0.25) is 4.79 Å². The van der Waals surface area contributed by atoms with Crippen LogP contribution in [0.5, 0.6) is 0 Å². The molecule has 9 nitrogen and oxygen atoms in total. The molecule has 0 saturated carbocycles. The third kappa shape index (κ3) is 6.26. The van der Waals surface area contributed by atoms with E-state index in [0.717, 1.165) is 12.8 Å². The maximum Gasteiger partial charge on any atom is 0.347 e. The number of carboxylic acid groups (broad SMARTS) is 2. The van der Waals surface area contributed by atoms with Crippen LogP contribution >= 0.6 is 0 Å². The molecule has 2 atom stereocenters. The van der Waals surface area contributed by atoms with Crippen LogP contribution in [0.2, 0.25) is 0 Å². The van der Waals surface area contributed by atoms with Crippen LogP contribution < -0.4 is 5.73 Å². The van der Waals surface area contributed by atoms with Crippen molar-refractivity contribution in [2.75, 3.05) is 6.61 Å². The van der Waals surface area contributed by atoms with E-state index < -0.39 is 47.9 Å². The van der Waals surface area contributed by atoms with Gasteiger partial charge in [0.15, 0.2) is 6.29 Å². The molecule has 1 aliphatic rings. The average Bonchev–Trinajstić information content (AvgIpc) is 2.49. The molecule has 1 aliphatic heterocycles. The van der Waals surface area contributed by atoms with Gasteiger partial charge >= 0.3 is 17.9 Å². The van der Waals surface area contributed by atoms with E-state index in [2.05, 4.69) is 0 Å². The first kappa shape index (κ1) is 21.3. The number of nitrogens with two attached hydrogens (primary N) is 1. The van der Waals surface area contributed by atoms with E-state index in [1.165, 1.54) is 0 Å². The summed E-state index contributed by atoms with van der Waals surface area (Å²) >= 11 is 0. The molecule has 2 unspecified atom stereocenters. The molecule has 4 N–H and O–H groups in total. The van der Waals surface area contributed by atoms with E-state index in [4.69, 9.17) is 19.9 Å². The zero-order chi connectivity index (χ0) is 19.3. The molecule has 0 radical (unpaired) electrons. The Bertz CT molecular complexity index is 479. The van der Waals surface area contributed by atoms with Crippen LogP contribution in [0, 0.1) is 0 Å². The lowest BCUT2D eigenvalue weighted by Gasteiger charge is -2.32. The van der Waals surface area contributed by atoms with Gasteiger partial charge in [0.1, 0.15) is 11.6 Å². The number of rotatable bonds is 8. The maximum absolute atomic E-state index is 11.9. The molecule has 0 amide bonds. The van der Waals surface area contributed by atoms with Crippen molar-refractivity contribution in [2.45, 2.75) is 76.4 Å². The molecular formula is C16H27NO8. The minimum absolute atomic E-state index is 0.222. The summed E-state index contributed by atoms with van der Waals surface area (Å²) in [5, 5.41) is 18.9. The van der Waals surface area contributed by atoms with Crippen LogP contribution in [-0.4, -0.2) is 58.3 Å². The van der Waals surface area contributed by atoms with Crippen LogP contribution in [0.3, 0.4) is 0 Å². The van der Waals surface area contributed by atoms with E-state index in [-0.39, 0.29) is 6.42 Å². The number of carbonyl (C=O) groups excluding carboxylic acids is 1. The highest BCUT2D eigenvalue weighted by atomic mass is 16.7. The van der Waals surface area contributed by atoms with Crippen LogP contribution in [-0.2, 0) is 28.6 Å². The van der Waals surface area contributed by atoms with Crippen molar-refractivity contribution in [3.8, 4) is 0 Å². The Balaban J connectivity index is 2.81. The van der Waals surface area contributed by atoms with E-state index in [9.17, 15) is 24.6 Å². The molecule has 9 heteroatoms. The van der Waals surface area contributed by atoms with Crippen molar-refractivity contribution in [1.82, 2.24) is 0 Å². The average molecular weight is 361 g/mol. The van der Waals surface area contributed by atoms with E-state index >= 15 is 0 Å². The molecule has 0 bridgehead atoms. The van der Waals surface area contributed by atoms with Gasteiger partial charge in [-0.15, -0.1) is 0 Å². The largest absolute Gasteiger partial charge is 0.479 e. The monoisotopic (exact) mass is 361 g/mol. The summed E-state index contributed by atoms with van der Waals surface area (Å²) in [6.07, 6.45) is 0.325. The van der Waals surface area contributed by atoms with Gasteiger partial charge in [-0.25, -0.2) is 9.59 Å². The first-order valence-corrected chi connectivity index (χ1v) is 8.22. The molecule has 0 aromatic heterocycles. The Hall–Kier alpha value is -1.71. The van der Waals surface area contributed by atoms with Gasteiger partial charge in [-0.05, 0) is 46.5 Å². The summed E-state index contributed by atoms with van der Waals surface area (Å²) in [5.41, 5.74) is 2.44. The second kappa shape index (κ2) is 8.59. The second-order valence-electron chi connectivity index (χ2n) is 7.03. The Morgan fingerprint density at radius 1 is 1.20 bits per heavy atom. The zero-order valence-corrected chi connectivity index (χ0v) is 14.8. The highest BCUT2D eigenvalue weighted by Gasteiger charge is 2.50. The van der Waals surface area contributed by atoms with Gasteiger partial charge in [0, 0.05) is 13.0 Å². The fourth-order valence-electron chi connectivity index (χ4n) is 2.35. The van der Waals surface area contributed by atoms with Crippen molar-refractivity contribution >= 4 is 17.9 Å². The highest BCUT2D eigenvalue weighted by Crippen LogP contribution is 2.27. The summed E-state index contributed by atoms with van der Waals surface area (Å²) in [5.74, 6) is -4.05. The first-order chi connectivity index (χ1) is 11.5. The fourth-order valence-corrected chi connectivity index (χ4v) is 2.35. The SMILES string of the molecule is CC(C)(C)OC(=O)C(N)CCC(OC1CCCCO1)(C(=O)O)C(=O)O. The summed E-state index contributed by atoms with van der Waals surface area (Å²) in [6, 6.07) is -1.16. The lowest BCUT2D eigenvalue weighted by Crippen LogP contribution is -2.53. The summed E-state index contributed by atoms with van der Waals surface area (Å²) < 4.78 is 15.7. The van der Waals surface area contributed by atoms with Crippen LogP contribution in [0.1, 0.15) is 52.9 Å². The molecule has 0 aliphatic carbocycles. The molecule has 0 aromatic carbocycles. The topological polar surface area (TPSA) is 145 Å². The number of hydrogen-bond acceptors (Lipinski definition) is 7. The van der Waals surface area contributed by atoms with Crippen molar-refractivity contribution < 1.29 is 38.8 Å². The molecule has 1 saturated heterocycles. The Kier molecular flexibility index (Phi) is 7.33. The number of carboxylic acids is 2.